The van der Waals surface area contributed by atoms with E-state index in [2.05, 4.69) is 6.07 Å². The van der Waals surface area contributed by atoms with E-state index in [4.69, 9.17) is 18.8 Å². The van der Waals surface area contributed by atoms with Crippen LogP contribution in [0, 0.1) is 11.3 Å². The Balaban J connectivity index is 1.84. The highest BCUT2D eigenvalue weighted by atomic mass is 16.7. The lowest BCUT2D eigenvalue weighted by molar-refractivity contribution is 0.00578. The molecule has 0 aromatic heterocycles. The molecule has 0 aliphatic carbocycles. The molecule has 0 unspecified atom stereocenters. The minimum absolute atomic E-state index is 0.419. The van der Waals surface area contributed by atoms with Crippen LogP contribution in [-0.4, -0.2) is 24.9 Å². The van der Waals surface area contributed by atoms with E-state index in [1.807, 2.05) is 39.8 Å². The highest BCUT2D eigenvalue weighted by molar-refractivity contribution is 6.62. The third kappa shape index (κ3) is 3.05. The van der Waals surface area contributed by atoms with Crippen molar-refractivity contribution >= 4 is 12.6 Å². The molecule has 0 N–H and O–H groups in total. The molecular weight excluding hydrogens is 305 g/mol. The van der Waals surface area contributed by atoms with Crippen LogP contribution in [0.15, 0.2) is 42.4 Å². The van der Waals surface area contributed by atoms with Crippen LogP contribution >= 0.6 is 0 Å². The van der Waals surface area contributed by atoms with Crippen LogP contribution in [0.5, 0.6) is 5.75 Å². The fraction of sp³-hybridized carbons (Fsp3) is 0.389. The van der Waals surface area contributed by atoms with Gasteiger partial charge < -0.3 is 18.8 Å². The molecule has 1 aromatic rings. The lowest BCUT2D eigenvalue weighted by atomic mass is 9.78. The predicted molar refractivity (Wildman–Crippen MR) is 90.7 cm³/mol. The lowest BCUT2D eigenvalue weighted by Crippen LogP contribution is -2.41. The van der Waals surface area contributed by atoms with Gasteiger partial charge in [0.05, 0.1) is 23.0 Å². The van der Waals surface area contributed by atoms with Crippen LogP contribution in [0.4, 0.5) is 0 Å². The van der Waals surface area contributed by atoms with E-state index >= 15 is 0 Å². The number of benzene rings is 1. The average molecular weight is 325 g/mol. The smallest absolute Gasteiger partial charge is 0.494 e. The van der Waals surface area contributed by atoms with Crippen molar-refractivity contribution in [3.8, 4) is 11.8 Å². The minimum Gasteiger partial charge on any atom is -0.497 e. The summed E-state index contributed by atoms with van der Waals surface area (Å²) in [5.41, 5.74) is 0.395. The summed E-state index contributed by atoms with van der Waals surface area (Å²) in [5, 5.41) is 9.45. The van der Waals surface area contributed by atoms with E-state index in [0.717, 1.165) is 5.46 Å². The van der Waals surface area contributed by atoms with Crippen LogP contribution in [0.2, 0.25) is 0 Å². The summed E-state index contributed by atoms with van der Waals surface area (Å²) in [7, 11) is -0.502. The predicted octanol–water partition coefficient (Wildman–Crippen LogP) is 2.66. The molecule has 0 amide bonds. The van der Waals surface area contributed by atoms with E-state index < -0.39 is 18.3 Å². The molecule has 2 aliphatic heterocycles. The highest BCUT2D eigenvalue weighted by Crippen LogP contribution is 2.36. The summed E-state index contributed by atoms with van der Waals surface area (Å²) >= 11 is 0. The van der Waals surface area contributed by atoms with Crippen molar-refractivity contribution in [3.63, 3.8) is 0 Å². The van der Waals surface area contributed by atoms with E-state index in [-0.39, 0.29) is 0 Å². The molecule has 0 bridgehead atoms. The summed E-state index contributed by atoms with van der Waals surface area (Å²) in [6.07, 6.45) is 5.09. The summed E-state index contributed by atoms with van der Waals surface area (Å²) in [5.74, 6) is 1.15. The number of rotatable bonds is 3. The molecule has 0 atom stereocenters. The van der Waals surface area contributed by atoms with Gasteiger partial charge in [0.1, 0.15) is 24.2 Å². The van der Waals surface area contributed by atoms with E-state index in [1.54, 1.807) is 24.5 Å². The molecule has 124 valence electrons. The number of allylic oxidation sites excluding steroid dienone is 1. The number of ether oxygens (including phenoxy) is 2. The fourth-order valence-corrected chi connectivity index (χ4v) is 2.42. The van der Waals surface area contributed by atoms with Gasteiger partial charge in [0, 0.05) is 6.08 Å². The van der Waals surface area contributed by atoms with Gasteiger partial charge in [0.15, 0.2) is 0 Å². The van der Waals surface area contributed by atoms with Crippen molar-refractivity contribution in [2.24, 2.45) is 0 Å². The Kier molecular flexibility index (Phi) is 4.16. The normalized spacial score (nSPS) is 21.0. The Morgan fingerprint density at radius 2 is 1.88 bits per heavy atom. The van der Waals surface area contributed by atoms with Gasteiger partial charge in [-0.25, -0.2) is 0 Å². The van der Waals surface area contributed by atoms with Crippen molar-refractivity contribution < 1.29 is 18.8 Å². The van der Waals surface area contributed by atoms with Crippen LogP contribution in [0.1, 0.15) is 33.3 Å². The number of nitriles is 1. The maximum atomic E-state index is 9.45. The lowest BCUT2D eigenvalue weighted by Gasteiger charge is -2.32. The van der Waals surface area contributed by atoms with Gasteiger partial charge in [0.25, 0.3) is 0 Å². The van der Waals surface area contributed by atoms with Crippen molar-refractivity contribution in [2.75, 3.05) is 6.61 Å². The third-order valence-electron chi connectivity index (χ3n) is 4.59. The van der Waals surface area contributed by atoms with Crippen LogP contribution in [-0.2, 0) is 14.0 Å². The fourth-order valence-electron chi connectivity index (χ4n) is 2.42. The number of hydrogen-bond donors (Lipinski definition) is 0. The monoisotopic (exact) mass is 325 g/mol. The standard InChI is InChI=1S/C18H20BNO4/c1-17(2)18(3,4)24-19(23-17)14-5-6-16(13(11-14)12-20)22-15-7-9-21-10-8-15/h5-9,11H,10H2,1-4H3. The number of nitrogens with zero attached hydrogens (tertiary/aromatic N) is 1. The van der Waals surface area contributed by atoms with Gasteiger partial charge >= 0.3 is 7.12 Å². The maximum absolute atomic E-state index is 9.45. The van der Waals surface area contributed by atoms with Gasteiger partial charge in [-0.3, -0.25) is 0 Å². The summed E-state index contributed by atoms with van der Waals surface area (Å²) in [4.78, 5) is 0. The van der Waals surface area contributed by atoms with Gasteiger partial charge in [-0.05, 0) is 51.4 Å². The quantitative estimate of drug-likeness (QED) is 0.800. The van der Waals surface area contributed by atoms with Gasteiger partial charge in [0.2, 0.25) is 0 Å². The Labute approximate surface area is 142 Å². The van der Waals surface area contributed by atoms with Crippen LogP contribution in [0.25, 0.3) is 0 Å². The Bertz CT molecular complexity index is 730. The van der Waals surface area contributed by atoms with E-state index in [9.17, 15) is 5.26 Å². The first-order valence-corrected chi connectivity index (χ1v) is 7.88. The molecular formula is C18H20BNO4. The molecule has 2 heterocycles. The van der Waals surface area contributed by atoms with E-state index in [0.29, 0.717) is 23.7 Å². The summed E-state index contributed by atoms with van der Waals surface area (Å²) in [6, 6.07) is 7.55. The van der Waals surface area contributed by atoms with Crippen molar-refractivity contribution in [1.82, 2.24) is 0 Å². The van der Waals surface area contributed by atoms with Crippen molar-refractivity contribution in [1.29, 1.82) is 5.26 Å². The topological polar surface area (TPSA) is 60.7 Å². The second-order valence-electron chi connectivity index (χ2n) is 6.80. The Morgan fingerprint density at radius 1 is 1.17 bits per heavy atom. The molecule has 0 spiro atoms. The van der Waals surface area contributed by atoms with Gasteiger partial charge in [-0.15, -0.1) is 0 Å². The Hall–Kier alpha value is -2.23. The summed E-state index contributed by atoms with van der Waals surface area (Å²) in [6.45, 7) is 8.46. The zero-order valence-electron chi connectivity index (χ0n) is 14.3. The molecule has 24 heavy (non-hydrogen) atoms. The largest absolute Gasteiger partial charge is 0.497 e. The minimum atomic E-state index is -0.502. The molecule has 1 aromatic carbocycles. The second-order valence-corrected chi connectivity index (χ2v) is 6.80. The molecule has 1 saturated heterocycles. The first-order valence-electron chi connectivity index (χ1n) is 7.88. The molecule has 1 fully saturated rings. The number of hydrogen-bond acceptors (Lipinski definition) is 5. The van der Waals surface area contributed by atoms with Gasteiger partial charge in [-0.2, -0.15) is 5.26 Å². The Morgan fingerprint density at radius 3 is 2.46 bits per heavy atom. The zero-order chi connectivity index (χ0) is 17.4. The second kappa shape index (κ2) is 6.01. The van der Waals surface area contributed by atoms with Crippen molar-refractivity contribution in [3.05, 3.63) is 47.9 Å². The van der Waals surface area contributed by atoms with Crippen LogP contribution < -0.4 is 10.2 Å². The van der Waals surface area contributed by atoms with Crippen molar-refractivity contribution in [2.45, 2.75) is 38.9 Å². The SMILES string of the molecule is CC1(C)OB(c2ccc(OC3=CCOC=C3)c(C#N)c2)OC1(C)C. The average Bonchev–Trinajstić information content (AvgIpc) is 2.77. The first-order chi connectivity index (χ1) is 11.3. The third-order valence-corrected chi connectivity index (χ3v) is 4.59. The zero-order valence-corrected chi connectivity index (χ0v) is 14.3. The first kappa shape index (κ1) is 16.6. The molecule has 3 rings (SSSR count). The molecule has 5 nitrogen and oxygen atoms in total. The molecule has 0 radical (unpaired) electrons. The molecule has 0 saturated carbocycles. The van der Waals surface area contributed by atoms with Crippen LogP contribution in [0.3, 0.4) is 0 Å². The molecule has 2 aliphatic rings. The maximum Gasteiger partial charge on any atom is 0.494 e. The van der Waals surface area contributed by atoms with E-state index in [1.165, 1.54) is 0 Å². The van der Waals surface area contributed by atoms with Gasteiger partial charge in [-0.1, -0.05) is 6.07 Å². The molecule has 6 heteroatoms. The summed E-state index contributed by atoms with van der Waals surface area (Å²) < 4.78 is 22.9. The highest BCUT2D eigenvalue weighted by Gasteiger charge is 2.51.